The van der Waals surface area contributed by atoms with Crippen LogP contribution in [0.1, 0.15) is 64.0 Å². The van der Waals surface area contributed by atoms with Crippen molar-refractivity contribution in [1.82, 2.24) is 4.90 Å². The van der Waals surface area contributed by atoms with Crippen molar-refractivity contribution in [3.05, 3.63) is 46.7 Å². The standard InChI is InChI=1S/C20H27NO3/c1-6-21-14(5)19(20(23)24-7-2)17(12-18(21)22)16-10-8-15(9-11-16)13(3)4/h8-11,13,17H,6-7,12H2,1-5H3. The molecule has 1 aliphatic rings. The summed E-state index contributed by atoms with van der Waals surface area (Å²) in [5.74, 6) is -0.0511. The van der Waals surface area contributed by atoms with E-state index in [4.69, 9.17) is 4.74 Å². The molecule has 0 spiro atoms. The summed E-state index contributed by atoms with van der Waals surface area (Å²) in [5.41, 5.74) is 3.56. The van der Waals surface area contributed by atoms with Gasteiger partial charge in [0, 0.05) is 24.6 Å². The monoisotopic (exact) mass is 329 g/mol. The summed E-state index contributed by atoms with van der Waals surface area (Å²) in [6.45, 7) is 10.7. The summed E-state index contributed by atoms with van der Waals surface area (Å²) in [6.07, 6.45) is 0.306. The zero-order valence-electron chi connectivity index (χ0n) is 15.3. The Bertz CT molecular complexity index is 643. The van der Waals surface area contributed by atoms with Crippen LogP contribution < -0.4 is 0 Å². The molecule has 0 N–H and O–H groups in total. The Kier molecular flexibility index (Phi) is 5.81. The van der Waals surface area contributed by atoms with Gasteiger partial charge in [-0.3, -0.25) is 4.79 Å². The molecule has 4 heteroatoms. The van der Waals surface area contributed by atoms with Crippen molar-refractivity contribution in [1.29, 1.82) is 0 Å². The highest BCUT2D eigenvalue weighted by Gasteiger charge is 2.36. The second kappa shape index (κ2) is 7.65. The molecule has 0 fully saturated rings. The number of esters is 1. The van der Waals surface area contributed by atoms with E-state index in [-0.39, 0.29) is 17.8 Å². The van der Waals surface area contributed by atoms with E-state index >= 15 is 0 Å². The highest BCUT2D eigenvalue weighted by molar-refractivity contribution is 5.95. The predicted octanol–water partition coefficient (Wildman–Crippen LogP) is 3.98. The number of carbonyl (C=O) groups is 2. The van der Waals surface area contributed by atoms with Crippen LogP contribution in [0.2, 0.25) is 0 Å². The van der Waals surface area contributed by atoms with E-state index in [2.05, 4.69) is 26.0 Å². The van der Waals surface area contributed by atoms with Crippen LogP contribution >= 0.6 is 0 Å². The van der Waals surface area contributed by atoms with E-state index in [0.717, 1.165) is 5.56 Å². The van der Waals surface area contributed by atoms with Crippen molar-refractivity contribution in [2.24, 2.45) is 0 Å². The number of amides is 1. The van der Waals surface area contributed by atoms with Crippen LogP contribution in [0.5, 0.6) is 0 Å². The first-order chi connectivity index (χ1) is 11.4. The molecular formula is C20H27NO3. The minimum absolute atomic E-state index is 0.0565. The van der Waals surface area contributed by atoms with Crippen LogP contribution in [-0.4, -0.2) is 29.9 Å². The minimum atomic E-state index is -0.320. The minimum Gasteiger partial charge on any atom is -0.463 e. The first-order valence-electron chi connectivity index (χ1n) is 8.68. The molecule has 0 saturated heterocycles. The Morgan fingerprint density at radius 3 is 2.38 bits per heavy atom. The van der Waals surface area contributed by atoms with Crippen LogP contribution in [0.4, 0.5) is 0 Å². The molecule has 1 amide bonds. The van der Waals surface area contributed by atoms with Crippen LogP contribution in [0.15, 0.2) is 35.5 Å². The smallest absolute Gasteiger partial charge is 0.336 e. The molecule has 1 aliphatic heterocycles. The van der Waals surface area contributed by atoms with Gasteiger partial charge in [-0.25, -0.2) is 4.79 Å². The van der Waals surface area contributed by atoms with Crippen molar-refractivity contribution < 1.29 is 14.3 Å². The summed E-state index contributed by atoms with van der Waals surface area (Å²) < 4.78 is 5.26. The molecule has 1 aromatic rings. The maximum absolute atomic E-state index is 12.5. The summed E-state index contributed by atoms with van der Waals surface area (Å²) in [6, 6.07) is 8.21. The zero-order valence-corrected chi connectivity index (χ0v) is 15.3. The highest BCUT2D eigenvalue weighted by atomic mass is 16.5. The topological polar surface area (TPSA) is 46.6 Å². The van der Waals surface area contributed by atoms with Gasteiger partial charge in [0.25, 0.3) is 0 Å². The van der Waals surface area contributed by atoms with Gasteiger partial charge in [0.2, 0.25) is 5.91 Å². The van der Waals surface area contributed by atoms with Gasteiger partial charge in [-0.15, -0.1) is 0 Å². The van der Waals surface area contributed by atoms with Gasteiger partial charge in [0.1, 0.15) is 0 Å². The van der Waals surface area contributed by atoms with Crippen molar-refractivity contribution in [2.75, 3.05) is 13.2 Å². The van der Waals surface area contributed by atoms with Gasteiger partial charge in [0.05, 0.1) is 12.2 Å². The maximum atomic E-state index is 12.5. The summed E-state index contributed by atoms with van der Waals surface area (Å²) in [4.78, 5) is 26.6. The lowest BCUT2D eigenvalue weighted by molar-refractivity contribution is -0.140. The molecular weight excluding hydrogens is 302 g/mol. The van der Waals surface area contributed by atoms with E-state index in [1.54, 1.807) is 11.8 Å². The number of nitrogens with zero attached hydrogens (tertiary/aromatic N) is 1. The van der Waals surface area contributed by atoms with Crippen molar-refractivity contribution >= 4 is 11.9 Å². The third-order valence-electron chi connectivity index (χ3n) is 4.64. The van der Waals surface area contributed by atoms with Gasteiger partial charge < -0.3 is 9.64 Å². The summed E-state index contributed by atoms with van der Waals surface area (Å²) >= 11 is 0. The van der Waals surface area contributed by atoms with Gasteiger partial charge >= 0.3 is 5.97 Å². The van der Waals surface area contributed by atoms with Crippen LogP contribution in [0, 0.1) is 0 Å². The lowest BCUT2D eigenvalue weighted by Gasteiger charge is -2.33. The van der Waals surface area contributed by atoms with E-state index < -0.39 is 0 Å². The fourth-order valence-corrected chi connectivity index (χ4v) is 3.28. The molecule has 0 bridgehead atoms. The number of hydrogen-bond acceptors (Lipinski definition) is 3. The predicted molar refractivity (Wildman–Crippen MR) is 94.6 cm³/mol. The molecule has 2 rings (SSSR count). The molecule has 0 saturated carbocycles. The van der Waals surface area contributed by atoms with Gasteiger partial charge in [0.15, 0.2) is 0 Å². The second-order valence-electron chi connectivity index (χ2n) is 6.44. The summed E-state index contributed by atoms with van der Waals surface area (Å²) in [7, 11) is 0. The molecule has 1 unspecified atom stereocenters. The number of hydrogen-bond donors (Lipinski definition) is 0. The average molecular weight is 329 g/mol. The molecule has 1 heterocycles. The lowest BCUT2D eigenvalue weighted by atomic mass is 9.83. The number of benzene rings is 1. The third-order valence-corrected chi connectivity index (χ3v) is 4.64. The molecule has 4 nitrogen and oxygen atoms in total. The molecule has 0 aliphatic carbocycles. The molecule has 1 atom stereocenters. The number of rotatable bonds is 5. The molecule has 1 aromatic carbocycles. The molecule has 130 valence electrons. The second-order valence-corrected chi connectivity index (χ2v) is 6.44. The third kappa shape index (κ3) is 3.53. The van der Waals surface area contributed by atoms with Crippen molar-refractivity contribution in [2.45, 2.75) is 52.9 Å². The summed E-state index contributed by atoms with van der Waals surface area (Å²) in [5, 5.41) is 0. The first kappa shape index (κ1) is 18.2. The Morgan fingerprint density at radius 1 is 1.25 bits per heavy atom. The molecule has 24 heavy (non-hydrogen) atoms. The van der Waals surface area contributed by atoms with Crippen LogP contribution in [-0.2, 0) is 14.3 Å². The Balaban J connectivity index is 2.47. The average Bonchev–Trinajstić information content (AvgIpc) is 2.55. The van der Waals surface area contributed by atoms with E-state index in [9.17, 15) is 9.59 Å². The van der Waals surface area contributed by atoms with Gasteiger partial charge in [-0.05, 0) is 37.8 Å². The van der Waals surface area contributed by atoms with Gasteiger partial charge in [-0.1, -0.05) is 38.1 Å². The largest absolute Gasteiger partial charge is 0.463 e. The first-order valence-corrected chi connectivity index (χ1v) is 8.68. The zero-order chi connectivity index (χ0) is 17.9. The fraction of sp³-hybridized carbons (Fsp3) is 0.500. The molecule has 0 radical (unpaired) electrons. The number of allylic oxidation sites excluding steroid dienone is 1. The molecule has 0 aromatic heterocycles. The highest BCUT2D eigenvalue weighted by Crippen LogP contribution is 2.37. The Morgan fingerprint density at radius 2 is 1.88 bits per heavy atom. The van der Waals surface area contributed by atoms with E-state index in [1.165, 1.54) is 5.56 Å². The fourth-order valence-electron chi connectivity index (χ4n) is 3.28. The van der Waals surface area contributed by atoms with Crippen molar-refractivity contribution in [3.8, 4) is 0 Å². The van der Waals surface area contributed by atoms with E-state index in [1.807, 2.05) is 26.0 Å². The van der Waals surface area contributed by atoms with E-state index in [0.29, 0.717) is 36.8 Å². The maximum Gasteiger partial charge on any atom is 0.336 e. The number of carbonyl (C=O) groups excluding carboxylic acids is 2. The van der Waals surface area contributed by atoms with Crippen LogP contribution in [0.25, 0.3) is 0 Å². The quantitative estimate of drug-likeness (QED) is 0.768. The van der Waals surface area contributed by atoms with Crippen LogP contribution in [0.3, 0.4) is 0 Å². The normalized spacial score (nSPS) is 18.3. The van der Waals surface area contributed by atoms with Gasteiger partial charge in [-0.2, -0.15) is 0 Å². The SMILES string of the molecule is CCOC(=O)C1=C(C)N(CC)C(=O)CC1c1ccc(C(C)C)cc1. The number of ether oxygens (including phenoxy) is 1. The lowest BCUT2D eigenvalue weighted by Crippen LogP contribution is -2.38. The Labute approximate surface area is 144 Å². The van der Waals surface area contributed by atoms with Crippen molar-refractivity contribution in [3.63, 3.8) is 0 Å². The Hall–Kier alpha value is -2.10.